The molecule has 3 aromatic rings. The van der Waals surface area contributed by atoms with Gasteiger partial charge in [-0.3, -0.25) is 14.5 Å². The van der Waals surface area contributed by atoms with Crippen molar-refractivity contribution >= 4 is 5.97 Å². The number of fused-ring (bicyclic) bond motifs is 1. The van der Waals surface area contributed by atoms with Gasteiger partial charge in [-0.25, -0.2) is 14.6 Å². The number of carboxylic acids is 1. The van der Waals surface area contributed by atoms with Gasteiger partial charge >= 0.3 is 5.97 Å². The second kappa shape index (κ2) is 5.84. The van der Waals surface area contributed by atoms with Gasteiger partial charge in [0.2, 0.25) is 0 Å². The van der Waals surface area contributed by atoms with Crippen molar-refractivity contribution in [2.45, 2.75) is 31.8 Å². The Hall–Kier alpha value is -3.10. The molecule has 1 atom stereocenters. The van der Waals surface area contributed by atoms with Gasteiger partial charge in [0.1, 0.15) is 30.2 Å². The number of hydrogen-bond acceptors (Lipinski definition) is 6. The minimum absolute atomic E-state index is 0.0611. The maximum absolute atomic E-state index is 11.2. The van der Waals surface area contributed by atoms with Crippen molar-refractivity contribution in [3.63, 3.8) is 0 Å². The van der Waals surface area contributed by atoms with E-state index in [-0.39, 0.29) is 12.5 Å². The Morgan fingerprint density at radius 3 is 3.04 bits per heavy atom. The topological polar surface area (TPSA) is 112 Å². The van der Waals surface area contributed by atoms with E-state index in [1.807, 2.05) is 22.9 Å². The molecular weight excluding hydrogens is 310 g/mol. The molecule has 0 radical (unpaired) electrons. The van der Waals surface area contributed by atoms with Crippen LogP contribution in [0.25, 0.3) is 11.5 Å². The first-order valence-electron chi connectivity index (χ1n) is 7.65. The zero-order valence-corrected chi connectivity index (χ0v) is 12.8. The summed E-state index contributed by atoms with van der Waals surface area (Å²) < 4.78 is 3.33. The molecule has 0 aromatic carbocycles. The Morgan fingerprint density at radius 2 is 2.25 bits per heavy atom. The van der Waals surface area contributed by atoms with Crippen LogP contribution in [0, 0.1) is 0 Å². The number of aliphatic carboxylic acids is 1. The van der Waals surface area contributed by atoms with Crippen molar-refractivity contribution in [2.24, 2.45) is 0 Å². The lowest BCUT2D eigenvalue weighted by atomic mass is 9.97. The van der Waals surface area contributed by atoms with Crippen molar-refractivity contribution in [3.8, 4) is 11.5 Å². The zero-order valence-electron chi connectivity index (χ0n) is 12.8. The Kier molecular flexibility index (Phi) is 3.52. The fourth-order valence-electron chi connectivity index (χ4n) is 2.96. The molecule has 0 saturated heterocycles. The van der Waals surface area contributed by atoms with Crippen LogP contribution in [-0.4, -0.2) is 45.6 Å². The molecule has 0 fully saturated rings. The first-order chi connectivity index (χ1) is 11.7. The molecule has 1 aliphatic heterocycles. The third-order valence-electron chi connectivity index (χ3n) is 4.06. The minimum atomic E-state index is -0.951. The quantitative estimate of drug-likeness (QED) is 0.753. The van der Waals surface area contributed by atoms with Crippen molar-refractivity contribution in [2.75, 3.05) is 0 Å². The number of aryl methyl sites for hydroxylation is 1. The molecular formula is C15H15N7O2. The molecule has 0 saturated carbocycles. The van der Waals surface area contributed by atoms with Crippen LogP contribution in [0.4, 0.5) is 0 Å². The smallest absolute Gasteiger partial charge is 0.325 e. The highest BCUT2D eigenvalue weighted by Gasteiger charge is 2.27. The lowest BCUT2D eigenvalue weighted by molar-refractivity contribution is -0.137. The molecule has 4 heterocycles. The predicted octanol–water partition coefficient (Wildman–Crippen LogP) is 0.746. The normalized spacial score (nSPS) is 16.8. The van der Waals surface area contributed by atoms with E-state index in [1.54, 1.807) is 12.5 Å². The number of carbonyl (C=O) groups is 1. The van der Waals surface area contributed by atoms with Crippen LogP contribution in [-0.2, 0) is 24.3 Å². The highest BCUT2D eigenvalue weighted by molar-refractivity contribution is 5.66. The lowest BCUT2D eigenvalue weighted by Crippen LogP contribution is -2.23. The Labute approximate surface area is 137 Å². The second-order valence-corrected chi connectivity index (χ2v) is 5.65. The summed E-state index contributed by atoms with van der Waals surface area (Å²) in [5.74, 6) is 1.10. The highest BCUT2D eigenvalue weighted by Crippen LogP contribution is 2.28. The summed E-state index contributed by atoms with van der Waals surface area (Å²) in [5, 5.41) is 17.7. The molecule has 9 nitrogen and oxygen atoms in total. The fraction of sp³-hybridized carbons (Fsp3) is 0.333. The van der Waals surface area contributed by atoms with E-state index in [2.05, 4.69) is 25.1 Å². The Bertz CT molecular complexity index is 871. The monoisotopic (exact) mass is 325 g/mol. The van der Waals surface area contributed by atoms with Gasteiger partial charge in [0, 0.05) is 25.1 Å². The summed E-state index contributed by atoms with van der Waals surface area (Å²) in [6.45, 7) is 0.511. The van der Waals surface area contributed by atoms with Crippen LogP contribution >= 0.6 is 0 Å². The first kappa shape index (κ1) is 14.5. The van der Waals surface area contributed by atoms with Gasteiger partial charge in [0.05, 0.1) is 0 Å². The third kappa shape index (κ3) is 2.64. The molecule has 0 spiro atoms. The fourth-order valence-corrected chi connectivity index (χ4v) is 2.96. The number of aromatic nitrogens is 7. The van der Waals surface area contributed by atoms with Gasteiger partial charge < -0.3 is 5.11 Å². The first-order valence-corrected chi connectivity index (χ1v) is 7.65. The van der Waals surface area contributed by atoms with Crippen molar-refractivity contribution in [1.29, 1.82) is 0 Å². The van der Waals surface area contributed by atoms with Gasteiger partial charge in [-0.2, -0.15) is 5.10 Å². The van der Waals surface area contributed by atoms with E-state index >= 15 is 0 Å². The van der Waals surface area contributed by atoms with E-state index in [1.165, 1.54) is 4.68 Å². The summed E-state index contributed by atoms with van der Waals surface area (Å²) in [6, 6.07) is 5.47. The van der Waals surface area contributed by atoms with Crippen molar-refractivity contribution in [1.82, 2.24) is 34.5 Å². The largest absolute Gasteiger partial charge is 0.480 e. The van der Waals surface area contributed by atoms with Crippen molar-refractivity contribution in [3.05, 3.63) is 42.4 Å². The summed E-state index contributed by atoms with van der Waals surface area (Å²) in [4.78, 5) is 24.3. The van der Waals surface area contributed by atoms with Crippen LogP contribution in [0.1, 0.15) is 24.0 Å². The molecule has 0 bridgehead atoms. The highest BCUT2D eigenvalue weighted by atomic mass is 16.4. The Morgan fingerprint density at radius 1 is 1.33 bits per heavy atom. The lowest BCUT2D eigenvalue weighted by Gasteiger charge is -2.21. The molecule has 0 aliphatic carbocycles. The van der Waals surface area contributed by atoms with Crippen LogP contribution in [0.2, 0.25) is 0 Å². The van der Waals surface area contributed by atoms with Crippen LogP contribution in [0.15, 0.2) is 30.7 Å². The van der Waals surface area contributed by atoms with Crippen LogP contribution in [0.3, 0.4) is 0 Å². The number of carboxylic acid groups (broad SMARTS) is 1. The molecule has 9 heteroatoms. The maximum Gasteiger partial charge on any atom is 0.325 e. The van der Waals surface area contributed by atoms with Crippen molar-refractivity contribution < 1.29 is 9.90 Å². The average molecular weight is 325 g/mol. The van der Waals surface area contributed by atoms with E-state index < -0.39 is 5.97 Å². The molecule has 122 valence electrons. The van der Waals surface area contributed by atoms with Gasteiger partial charge in [0.15, 0.2) is 5.82 Å². The number of pyridine rings is 1. The number of nitrogens with zero attached hydrogens (tertiary/aromatic N) is 7. The standard InChI is InChI=1S/C15H15N7O2/c23-13(24)8-22-15(10-4-6-21-12(7-10)17-9-18-21)19-14(20-22)11-3-1-2-5-16-11/h1-3,5,9-10H,4,6-8H2,(H,23,24). The van der Waals surface area contributed by atoms with E-state index in [9.17, 15) is 4.79 Å². The Balaban J connectivity index is 1.71. The summed E-state index contributed by atoms with van der Waals surface area (Å²) in [6.07, 6.45) is 4.69. The van der Waals surface area contributed by atoms with Crippen LogP contribution in [0.5, 0.6) is 0 Å². The van der Waals surface area contributed by atoms with Crippen LogP contribution < -0.4 is 0 Å². The molecule has 4 rings (SSSR count). The van der Waals surface area contributed by atoms with Gasteiger partial charge in [-0.1, -0.05) is 6.07 Å². The predicted molar refractivity (Wildman–Crippen MR) is 82.0 cm³/mol. The third-order valence-corrected chi connectivity index (χ3v) is 4.06. The average Bonchev–Trinajstić information content (AvgIpc) is 3.21. The molecule has 1 N–H and O–H groups in total. The summed E-state index contributed by atoms with van der Waals surface area (Å²) >= 11 is 0. The minimum Gasteiger partial charge on any atom is -0.480 e. The molecule has 3 aromatic heterocycles. The van der Waals surface area contributed by atoms with Gasteiger partial charge in [-0.15, -0.1) is 5.10 Å². The maximum atomic E-state index is 11.2. The van der Waals surface area contributed by atoms with E-state index in [0.717, 1.165) is 18.8 Å². The molecule has 24 heavy (non-hydrogen) atoms. The SMILES string of the molecule is O=C(O)Cn1nc(-c2ccccn2)nc1C1CCn2ncnc2C1. The molecule has 1 aliphatic rings. The summed E-state index contributed by atoms with van der Waals surface area (Å²) in [7, 11) is 0. The van der Waals surface area contributed by atoms with Gasteiger partial charge in [0.25, 0.3) is 0 Å². The second-order valence-electron chi connectivity index (χ2n) is 5.65. The molecule has 0 amide bonds. The van der Waals surface area contributed by atoms with Gasteiger partial charge in [-0.05, 0) is 18.6 Å². The van der Waals surface area contributed by atoms with E-state index in [0.29, 0.717) is 23.8 Å². The van der Waals surface area contributed by atoms with E-state index in [4.69, 9.17) is 5.11 Å². The molecule has 1 unspecified atom stereocenters. The number of hydrogen-bond donors (Lipinski definition) is 1. The number of rotatable bonds is 4. The summed E-state index contributed by atoms with van der Waals surface area (Å²) in [5.41, 5.74) is 0.627. The zero-order chi connectivity index (χ0) is 16.5.